The van der Waals surface area contributed by atoms with Crippen molar-refractivity contribution in [3.63, 3.8) is 0 Å². The second-order valence-corrected chi connectivity index (χ2v) is 4.65. The van der Waals surface area contributed by atoms with E-state index in [1.807, 2.05) is 0 Å². The van der Waals surface area contributed by atoms with Crippen LogP contribution in [0.1, 0.15) is 10.6 Å². The third-order valence-corrected chi connectivity index (χ3v) is 3.11. The van der Waals surface area contributed by atoms with Crippen LogP contribution in [-0.4, -0.2) is 17.1 Å². The molecular weight excluding hydrogens is 323 g/mol. The molecule has 0 spiro atoms. The van der Waals surface area contributed by atoms with Crippen molar-refractivity contribution in [3.05, 3.63) is 47.1 Å². The first-order valence-corrected chi connectivity index (χ1v) is 6.23. The first kappa shape index (κ1) is 15.2. The summed E-state index contributed by atoms with van der Waals surface area (Å²) in [6.45, 7) is 0. The largest absolute Gasteiger partial charge is 0.475 e. The van der Waals surface area contributed by atoms with Crippen LogP contribution in [0.5, 0.6) is 0 Å². The number of furan rings is 1. The van der Waals surface area contributed by atoms with Gasteiger partial charge in [-0.15, -0.1) is 0 Å². The number of carbonyl (C=O) groups is 2. The van der Waals surface area contributed by atoms with E-state index in [-0.39, 0.29) is 22.2 Å². The molecule has 0 fully saturated rings. The van der Waals surface area contributed by atoms with Crippen molar-refractivity contribution in [1.82, 2.24) is 0 Å². The van der Waals surface area contributed by atoms with Gasteiger partial charge in [0, 0.05) is 11.8 Å². The molecule has 0 radical (unpaired) electrons. The Labute approximate surface area is 128 Å². The lowest BCUT2D eigenvalue weighted by Crippen LogP contribution is -2.26. The summed E-state index contributed by atoms with van der Waals surface area (Å²) in [7, 11) is 0. The molecule has 0 unspecified atom stereocenters. The lowest BCUT2D eigenvalue weighted by molar-refractivity contribution is 0.0662. The molecule has 2 N–H and O–H groups in total. The Morgan fingerprint density at radius 3 is 2.67 bits per heavy atom. The van der Waals surface area contributed by atoms with Crippen LogP contribution in [0.3, 0.4) is 0 Å². The normalized spacial score (nSPS) is 10.2. The maximum Gasteiger partial charge on any atom is 0.371 e. The number of amides is 2. The van der Waals surface area contributed by atoms with Gasteiger partial charge in [0.15, 0.2) is 0 Å². The fraction of sp³-hybridized carbons (Fsp3) is 0. The summed E-state index contributed by atoms with van der Waals surface area (Å²) < 4.78 is 18.6. The third kappa shape index (κ3) is 3.47. The van der Waals surface area contributed by atoms with E-state index in [2.05, 4.69) is 18.1 Å². The molecule has 1 aromatic heterocycles. The van der Waals surface area contributed by atoms with E-state index < -0.39 is 17.8 Å². The number of anilines is 2. The average Bonchev–Trinajstić information content (AvgIpc) is 2.92. The summed E-state index contributed by atoms with van der Waals surface area (Å²) in [5.74, 6) is -2.21. The fourth-order valence-electron chi connectivity index (χ4n) is 1.42. The fourth-order valence-corrected chi connectivity index (χ4v) is 1.75. The minimum atomic E-state index is -1.27. The first-order chi connectivity index (χ1) is 9.88. The number of benzene rings is 1. The van der Waals surface area contributed by atoms with Crippen molar-refractivity contribution < 1.29 is 23.5 Å². The predicted octanol–water partition coefficient (Wildman–Crippen LogP) is 3.65. The smallest absolute Gasteiger partial charge is 0.371 e. The van der Waals surface area contributed by atoms with E-state index in [9.17, 15) is 14.0 Å². The van der Waals surface area contributed by atoms with Crippen LogP contribution in [0, 0.1) is 5.82 Å². The van der Waals surface area contributed by atoms with Gasteiger partial charge in [-0.1, -0.05) is 24.4 Å². The summed E-state index contributed by atoms with van der Waals surface area (Å²) in [5.41, 5.74) is 0.383. The molecule has 21 heavy (non-hydrogen) atoms. The van der Waals surface area contributed by atoms with Gasteiger partial charge in [0.2, 0.25) is 5.76 Å². The van der Waals surface area contributed by atoms with Crippen LogP contribution in [0.15, 0.2) is 34.9 Å². The van der Waals surface area contributed by atoms with Gasteiger partial charge in [-0.2, -0.15) is 0 Å². The van der Waals surface area contributed by atoms with Crippen LogP contribution in [-0.2, 0) is 0 Å². The quantitative estimate of drug-likeness (QED) is 0.750. The van der Waals surface area contributed by atoms with Gasteiger partial charge in [0.25, 0.3) is 0 Å². The SMILES string of the molecule is O=C(O)c1cc(N(S)C(=O)Nc2ccc(F)c(Cl)c2)co1. The molecule has 0 bridgehead atoms. The Kier molecular flexibility index (Phi) is 4.39. The van der Waals surface area contributed by atoms with E-state index >= 15 is 0 Å². The van der Waals surface area contributed by atoms with Gasteiger partial charge in [0.05, 0.1) is 10.7 Å². The molecule has 0 saturated carbocycles. The van der Waals surface area contributed by atoms with Crippen LogP contribution in [0.25, 0.3) is 0 Å². The van der Waals surface area contributed by atoms with Crippen molar-refractivity contribution in [2.75, 3.05) is 9.62 Å². The minimum absolute atomic E-state index is 0.126. The Morgan fingerprint density at radius 2 is 2.10 bits per heavy atom. The number of nitrogens with zero attached hydrogens (tertiary/aromatic N) is 1. The summed E-state index contributed by atoms with van der Waals surface area (Å²) in [6.07, 6.45) is 1.06. The maximum atomic E-state index is 13.0. The van der Waals surface area contributed by atoms with E-state index in [0.717, 1.165) is 22.7 Å². The summed E-state index contributed by atoms with van der Waals surface area (Å²) in [4.78, 5) is 22.6. The number of halogens is 2. The number of aromatic carboxylic acids is 1. The van der Waals surface area contributed by atoms with Crippen LogP contribution in [0.2, 0.25) is 5.02 Å². The highest BCUT2D eigenvalue weighted by Crippen LogP contribution is 2.23. The number of nitrogens with one attached hydrogen (secondary N) is 1. The molecule has 9 heteroatoms. The highest BCUT2D eigenvalue weighted by molar-refractivity contribution is 7.82. The zero-order valence-corrected chi connectivity index (χ0v) is 11.9. The summed E-state index contributed by atoms with van der Waals surface area (Å²) in [6, 6.07) is 4.08. The van der Waals surface area contributed by atoms with Gasteiger partial charge in [0.1, 0.15) is 12.1 Å². The van der Waals surface area contributed by atoms with Crippen molar-refractivity contribution in [1.29, 1.82) is 0 Å². The summed E-state index contributed by atoms with van der Waals surface area (Å²) >= 11 is 9.53. The van der Waals surface area contributed by atoms with Crippen molar-refractivity contribution in [2.45, 2.75) is 0 Å². The number of carbonyl (C=O) groups excluding carboxylic acids is 1. The molecule has 2 amide bonds. The number of urea groups is 1. The highest BCUT2D eigenvalue weighted by atomic mass is 35.5. The van der Waals surface area contributed by atoms with Crippen LogP contribution in [0.4, 0.5) is 20.6 Å². The Hall–Kier alpha value is -2.19. The minimum Gasteiger partial charge on any atom is -0.475 e. The van der Waals surface area contributed by atoms with Crippen LogP contribution < -0.4 is 9.62 Å². The number of thiol groups is 1. The highest BCUT2D eigenvalue weighted by Gasteiger charge is 2.17. The van der Waals surface area contributed by atoms with Crippen molar-refractivity contribution in [3.8, 4) is 0 Å². The lowest BCUT2D eigenvalue weighted by atomic mass is 10.3. The van der Waals surface area contributed by atoms with Gasteiger partial charge in [-0.3, -0.25) is 0 Å². The van der Waals surface area contributed by atoms with E-state index in [1.165, 1.54) is 12.1 Å². The number of rotatable bonds is 3. The Balaban J connectivity index is 2.11. The number of hydrogen-bond donors (Lipinski definition) is 3. The van der Waals surface area contributed by atoms with Crippen molar-refractivity contribution in [2.24, 2.45) is 0 Å². The zero-order valence-electron chi connectivity index (χ0n) is 10.2. The molecule has 1 heterocycles. The predicted molar refractivity (Wildman–Crippen MR) is 77.6 cm³/mol. The molecule has 2 rings (SSSR count). The average molecular weight is 331 g/mol. The third-order valence-electron chi connectivity index (χ3n) is 2.40. The van der Waals surface area contributed by atoms with Gasteiger partial charge < -0.3 is 14.8 Å². The molecule has 0 atom stereocenters. The topological polar surface area (TPSA) is 82.8 Å². The van der Waals surface area contributed by atoms with Crippen LogP contribution >= 0.6 is 24.4 Å². The Bertz CT molecular complexity index is 706. The molecule has 0 aliphatic carbocycles. The zero-order chi connectivity index (χ0) is 15.6. The molecule has 0 aliphatic rings. The van der Waals surface area contributed by atoms with Gasteiger partial charge >= 0.3 is 12.0 Å². The Morgan fingerprint density at radius 1 is 1.38 bits per heavy atom. The second kappa shape index (κ2) is 6.06. The number of carboxylic acids is 1. The molecule has 2 aromatic rings. The van der Waals surface area contributed by atoms with E-state index in [4.69, 9.17) is 21.1 Å². The molecule has 6 nitrogen and oxygen atoms in total. The monoisotopic (exact) mass is 330 g/mol. The molecule has 110 valence electrons. The standard InChI is InChI=1S/C12H8ClFN2O4S/c13-8-3-6(1-2-9(8)14)15-12(19)16(21)7-4-10(11(17)18)20-5-7/h1-5,21H,(H,15,19)(H,17,18). The van der Waals surface area contributed by atoms with E-state index in [1.54, 1.807) is 0 Å². The van der Waals surface area contributed by atoms with Gasteiger partial charge in [-0.25, -0.2) is 18.3 Å². The van der Waals surface area contributed by atoms with Crippen molar-refractivity contribution >= 4 is 47.8 Å². The number of hydrogen-bond acceptors (Lipinski definition) is 4. The number of carboxylic acid groups (broad SMARTS) is 1. The maximum absolute atomic E-state index is 13.0. The molecule has 0 saturated heterocycles. The van der Waals surface area contributed by atoms with E-state index in [0.29, 0.717) is 0 Å². The lowest BCUT2D eigenvalue weighted by Gasteiger charge is -2.14. The molecular formula is C12H8ClFN2O4S. The molecule has 0 aliphatic heterocycles. The molecule has 1 aromatic carbocycles. The van der Waals surface area contributed by atoms with Gasteiger partial charge in [-0.05, 0) is 18.2 Å². The second-order valence-electron chi connectivity index (χ2n) is 3.85. The first-order valence-electron chi connectivity index (χ1n) is 5.45. The summed E-state index contributed by atoms with van der Waals surface area (Å²) in [5, 5.41) is 11.0.